The van der Waals surface area contributed by atoms with Crippen molar-refractivity contribution in [2.45, 2.75) is 18.5 Å². The summed E-state index contributed by atoms with van der Waals surface area (Å²) in [7, 11) is 0. The van der Waals surface area contributed by atoms with Crippen molar-refractivity contribution >= 4 is 30.5 Å². The van der Waals surface area contributed by atoms with E-state index in [1.807, 2.05) is 5.32 Å². The maximum atomic E-state index is 11.1. The number of thiol groups is 1. The van der Waals surface area contributed by atoms with Gasteiger partial charge in [-0.05, 0) is 0 Å². The minimum absolute atomic E-state index is 0.0469. The molecule has 0 bridgehead atoms. The first-order chi connectivity index (χ1) is 6.88. The number of carboxylic acid groups (broad SMARTS) is 2. The molecule has 7 nitrogen and oxygen atoms in total. The lowest BCUT2D eigenvalue weighted by atomic mass is 10.2. The topological polar surface area (TPSA) is 130 Å². The second-order valence-corrected chi connectivity index (χ2v) is 3.15. The van der Waals surface area contributed by atoms with Gasteiger partial charge in [-0.3, -0.25) is 9.59 Å². The van der Waals surface area contributed by atoms with Crippen molar-refractivity contribution in [2.24, 2.45) is 5.73 Å². The summed E-state index contributed by atoms with van der Waals surface area (Å²) in [6.45, 7) is 0. The van der Waals surface area contributed by atoms with E-state index in [0.29, 0.717) is 0 Å². The van der Waals surface area contributed by atoms with E-state index < -0.39 is 36.4 Å². The van der Waals surface area contributed by atoms with Crippen LogP contribution in [0.25, 0.3) is 0 Å². The second kappa shape index (κ2) is 6.25. The normalized spacial score (nSPS) is 14.0. The van der Waals surface area contributed by atoms with Crippen LogP contribution < -0.4 is 11.1 Å². The molecular weight excluding hydrogens is 224 g/mol. The van der Waals surface area contributed by atoms with Gasteiger partial charge in [0.25, 0.3) is 0 Å². The van der Waals surface area contributed by atoms with Crippen LogP contribution in [0.3, 0.4) is 0 Å². The molecule has 0 aliphatic carbocycles. The molecule has 0 fully saturated rings. The fraction of sp³-hybridized carbons (Fsp3) is 0.571. The largest absolute Gasteiger partial charge is 0.481 e. The smallest absolute Gasteiger partial charge is 0.326 e. The highest BCUT2D eigenvalue weighted by molar-refractivity contribution is 7.80. The lowest BCUT2D eigenvalue weighted by Crippen LogP contribution is -2.49. The summed E-state index contributed by atoms with van der Waals surface area (Å²) < 4.78 is 0. The molecule has 86 valence electrons. The minimum atomic E-state index is -1.47. The molecule has 15 heavy (non-hydrogen) atoms. The predicted octanol–water partition coefficient (Wildman–Crippen LogP) is -1.71. The van der Waals surface area contributed by atoms with Gasteiger partial charge in [0.05, 0.1) is 12.5 Å². The molecule has 0 heterocycles. The van der Waals surface area contributed by atoms with Crippen LogP contribution in [0.15, 0.2) is 0 Å². The van der Waals surface area contributed by atoms with E-state index in [-0.39, 0.29) is 5.75 Å². The quantitative estimate of drug-likeness (QED) is 0.349. The molecule has 0 aromatic rings. The van der Waals surface area contributed by atoms with Gasteiger partial charge in [-0.1, -0.05) is 0 Å². The highest BCUT2D eigenvalue weighted by Crippen LogP contribution is 1.94. The van der Waals surface area contributed by atoms with E-state index >= 15 is 0 Å². The summed E-state index contributed by atoms with van der Waals surface area (Å²) >= 11 is 3.75. The molecule has 0 saturated heterocycles. The van der Waals surface area contributed by atoms with Gasteiger partial charge in [-0.15, -0.1) is 0 Å². The van der Waals surface area contributed by atoms with Gasteiger partial charge in [0.2, 0.25) is 5.91 Å². The zero-order chi connectivity index (χ0) is 12.0. The van der Waals surface area contributed by atoms with Crippen molar-refractivity contribution in [1.29, 1.82) is 0 Å². The average Bonchev–Trinajstić information content (AvgIpc) is 2.14. The first-order valence-electron chi connectivity index (χ1n) is 4.00. The third kappa shape index (κ3) is 5.23. The van der Waals surface area contributed by atoms with Gasteiger partial charge in [0.15, 0.2) is 0 Å². The van der Waals surface area contributed by atoms with Crippen molar-refractivity contribution < 1.29 is 24.6 Å². The molecule has 0 unspecified atom stereocenters. The van der Waals surface area contributed by atoms with Crippen LogP contribution in [-0.4, -0.2) is 45.9 Å². The molecule has 8 heteroatoms. The maximum absolute atomic E-state index is 11.1. The maximum Gasteiger partial charge on any atom is 0.326 e. The van der Waals surface area contributed by atoms with Crippen molar-refractivity contribution in [1.82, 2.24) is 5.32 Å². The molecule has 0 rings (SSSR count). The molecule has 0 saturated carbocycles. The standard InChI is InChI=1S/C7H12N2O5S/c8-3(2-15)6(12)9-4(7(13)14)1-5(10)11/h3-4,15H,1-2,8H2,(H,9,12)(H,10,11)(H,13,14)/t3-,4-/m0/s1. The monoisotopic (exact) mass is 236 g/mol. The van der Waals surface area contributed by atoms with Gasteiger partial charge in [0.1, 0.15) is 6.04 Å². The van der Waals surface area contributed by atoms with E-state index in [1.54, 1.807) is 0 Å². The van der Waals surface area contributed by atoms with E-state index in [4.69, 9.17) is 15.9 Å². The van der Waals surface area contributed by atoms with Crippen LogP contribution in [0.4, 0.5) is 0 Å². The Bertz CT molecular complexity index is 270. The summed E-state index contributed by atoms with van der Waals surface area (Å²) in [5, 5.41) is 19.0. The van der Waals surface area contributed by atoms with E-state index in [0.717, 1.165) is 0 Å². The average molecular weight is 236 g/mol. The van der Waals surface area contributed by atoms with Crippen LogP contribution in [0.2, 0.25) is 0 Å². The van der Waals surface area contributed by atoms with Crippen molar-refractivity contribution in [3.05, 3.63) is 0 Å². The Hall–Kier alpha value is -1.28. The van der Waals surface area contributed by atoms with E-state index in [1.165, 1.54) is 0 Å². The third-order valence-corrected chi connectivity index (χ3v) is 1.92. The molecule has 1 amide bonds. The Balaban J connectivity index is 4.35. The van der Waals surface area contributed by atoms with Crippen molar-refractivity contribution in [3.63, 3.8) is 0 Å². The van der Waals surface area contributed by atoms with Gasteiger partial charge in [-0.2, -0.15) is 12.6 Å². The fourth-order valence-corrected chi connectivity index (χ4v) is 0.902. The Morgan fingerprint density at radius 2 is 1.87 bits per heavy atom. The highest BCUT2D eigenvalue weighted by atomic mass is 32.1. The number of carbonyl (C=O) groups excluding carboxylic acids is 1. The van der Waals surface area contributed by atoms with Crippen molar-refractivity contribution in [2.75, 3.05) is 5.75 Å². The first kappa shape index (κ1) is 13.7. The zero-order valence-electron chi connectivity index (χ0n) is 7.71. The Morgan fingerprint density at radius 1 is 1.33 bits per heavy atom. The molecule has 0 aliphatic heterocycles. The summed E-state index contributed by atoms with van der Waals surface area (Å²) in [5.74, 6) is -3.43. The summed E-state index contributed by atoms with van der Waals surface area (Å²) in [6.07, 6.45) is -0.694. The van der Waals surface area contributed by atoms with Gasteiger partial charge >= 0.3 is 11.9 Å². The third-order valence-electron chi connectivity index (χ3n) is 1.53. The molecule has 0 spiro atoms. The molecule has 2 atom stereocenters. The van der Waals surface area contributed by atoms with E-state index in [9.17, 15) is 14.4 Å². The lowest BCUT2D eigenvalue weighted by Gasteiger charge is -2.14. The zero-order valence-corrected chi connectivity index (χ0v) is 8.61. The van der Waals surface area contributed by atoms with Crippen LogP contribution in [0.5, 0.6) is 0 Å². The Kier molecular flexibility index (Phi) is 5.72. The SMILES string of the molecule is N[C@@H](CS)C(=O)N[C@@H](CC(=O)O)C(=O)O. The number of nitrogens with two attached hydrogens (primary N) is 1. The van der Waals surface area contributed by atoms with Crippen LogP contribution in [-0.2, 0) is 14.4 Å². The number of rotatable bonds is 6. The van der Waals surface area contributed by atoms with Crippen LogP contribution in [0.1, 0.15) is 6.42 Å². The van der Waals surface area contributed by atoms with Crippen LogP contribution in [0, 0.1) is 0 Å². The number of carbonyl (C=O) groups is 3. The fourth-order valence-electron chi connectivity index (χ4n) is 0.736. The number of nitrogens with one attached hydrogen (secondary N) is 1. The van der Waals surface area contributed by atoms with Crippen molar-refractivity contribution in [3.8, 4) is 0 Å². The molecule has 0 aliphatic rings. The van der Waals surface area contributed by atoms with E-state index in [2.05, 4.69) is 12.6 Å². The molecule has 5 N–H and O–H groups in total. The number of aliphatic carboxylic acids is 2. The number of amides is 1. The summed E-state index contributed by atoms with van der Waals surface area (Å²) in [6, 6.07) is -2.43. The highest BCUT2D eigenvalue weighted by Gasteiger charge is 2.24. The predicted molar refractivity (Wildman–Crippen MR) is 53.6 cm³/mol. The Labute approximate surface area is 91.0 Å². The lowest BCUT2D eigenvalue weighted by molar-refractivity contribution is -0.147. The number of carboxylic acids is 2. The van der Waals surface area contributed by atoms with Gasteiger partial charge in [-0.25, -0.2) is 4.79 Å². The van der Waals surface area contributed by atoms with Gasteiger partial charge in [0, 0.05) is 5.75 Å². The second-order valence-electron chi connectivity index (χ2n) is 2.79. The Morgan fingerprint density at radius 3 is 2.20 bits per heavy atom. The first-order valence-corrected chi connectivity index (χ1v) is 4.63. The molecule has 0 aromatic heterocycles. The number of hydrogen-bond donors (Lipinski definition) is 5. The van der Waals surface area contributed by atoms with Gasteiger partial charge < -0.3 is 21.3 Å². The summed E-state index contributed by atoms with van der Waals surface area (Å²) in [4.78, 5) is 31.9. The van der Waals surface area contributed by atoms with Crippen LogP contribution >= 0.6 is 12.6 Å². The number of hydrogen-bond acceptors (Lipinski definition) is 5. The minimum Gasteiger partial charge on any atom is -0.481 e. The molecule has 0 radical (unpaired) electrons. The molecule has 0 aromatic carbocycles. The summed E-state index contributed by atoms with van der Waals surface area (Å²) in [5.41, 5.74) is 5.27. The molecular formula is C7H12N2O5S.